The number of H-pyrrole nitrogens is 1. The van der Waals surface area contributed by atoms with Gasteiger partial charge in [0.15, 0.2) is 0 Å². The Balaban J connectivity index is 1.67. The Bertz CT molecular complexity index is 995. The summed E-state index contributed by atoms with van der Waals surface area (Å²) < 4.78 is 26.2. The monoisotopic (exact) mass is 372 g/mol. The number of nitrogens with one attached hydrogen (secondary N) is 3. The fourth-order valence-electron chi connectivity index (χ4n) is 2.58. The molecule has 7 nitrogen and oxygen atoms in total. The number of rotatable bonds is 7. The van der Waals surface area contributed by atoms with E-state index >= 15 is 0 Å². The van der Waals surface area contributed by atoms with Gasteiger partial charge in [-0.05, 0) is 36.8 Å². The van der Waals surface area contributed by atoms with Gasteiger partial charge in [0.1, 0.15) is 5.82 Å². The number of carbonyl (C=O) groups excluding carboxylic acids is 1. The first-order chi connectivity index (χ1) is 12.5. The zero-order chi connectivity index (χ0) is 18.6. The van der Waals surface area contributed by atoms with Crippen LogP contribution in [0.25, 0.3) is 11.0 Å². The van der Waals surface area contributed by atoms with E-state index in [0.29, 0.717) is 23.5 Å². The molecule has 0 saturated heterocycles. The third kappa shape index (κ3) is 4.40. The Kier molecular flexibility index (Phi) is 5.22. The van der Waals surface area contributed by atoms with E-state index in [4.69, 9.17) is 0 Å². The molecule has 0 unspecified atom stereocenters. The van der Waals surface area contributed by atoms with Crippen LogP contribution in [0.4, 0.5) is 5.69 Å². The largest absolute Gasteiger partial charge is 0.345 e. The molecule has 0 fully saturated rings. The predicted molar refractivity (Wildman–Crippen MR) is 101 cm³/mol. The molecular weight excluding hydrogens is 352 g/mol. The van der Waals surface area contributed by atoms with E-state index < -0.39 is 10.0 Å². The Hall–Kier alpha value is -2.87. The number of anilines is 1. The van der Waals surface area contributed by atoms with Crippen LogP contribution in [0.1, 0.15) is 29.5 Å². The van der Waals surface area contributed by atoms with Gasteiger partial charge in [-0.15, -0.1) is 0 Å². The number of hydrogen-bond donors (Lipinski definition) is 3. The second-order valence-corrected chi connectivity index (χ2v) is 7.73. The molecule has 3 aromatic rings. The highest BCUT2D eigenvalue weighted by atomic mass is 32.2. The molecule has 0 saturated carbocycles. The molecule has 1 aromatic heterocycles. The minimum absolute atomic E-state index is 0.0372. The Morgan fingerprint density at radius 2 is 1.96 bits per heavy atom. The molecule has 0 aliphatic rings. The molecule has 0 aliphatic heterocycles. The topological polar surface area (TPSA) is 104 Å². The van der Waals surface area contributed by atoms with Crippen molar-refractivity contribution >= 4 is 32.7 Å². The lowest BCUT2D eigenvalue weighted by molar-refractivity contribution is 0.0950. The lowest BCUT2D eigenvalue weighted by Crippen LogP contribution is -2.23. The van der Waals surface area contributed by atoms with Crippen molar-refractivity contribution < 1.29 is 13.2 Å². The molecular formula is C18H20N4O3S. The van der Waals surface area contributed by atoms with Crippen LogP contribution >= 0.6 is 0 Å². The van der Waals surface area contributed by atoms with Crippen molar-refractivity contribution in [3.05, 3.63) is 59.9 Å². The van der Waals surface area contributed by atoms with Crippen LogP contribution in [0.5, 0.6) is 0 Å². The summed E-state index contributed by atoms with van der Waals surface area (Å²) in [5.41, 5.74) is 2.49. The second-order valence-electron chi connectivity index (χ2n) is 5.89. The number of amides is 1. The quantitative estimate of drug-likeness (QED) is 0.593. The van der Waals surface area contributed by atoms with Gasteiger partial charge < -0.3 is 10.3 Å². The number of nitrogens with zero attached hydrogens (tertiary/aromatic N) is 1. The third-order valence-electron chi connectivity index (χ3n) is 3.73. The number of carbonyl (C=O) groups is 1. The molecule has 2 aromatic carbocycles. The molecule has 0 bridgehead atoms. The average Bonchev–Trinajstić information content (AvgIpc) is 3.02. The summed E-state index contributed by atoms with van der Waals surface area (Å²) in [7, 11) is -3.39. The fourth-order valence-corrected chi connectivity index (χ4v) is 3.70. The van der Waals surface area contributed by atoms with Crippen molar-refractivity contribution in [1.29, 1.82) is 0 Å². The van der Waals surface area contributed by atoms with E-state index in [0.717, 1.165) is 11.0 Å². The molecule has 8 heteroatoms. The molecule has 1 heterocycles. The van der Waals surface area contributed by atoms with Crippen molar-refractivity contribution in [1.82, 2.24) is 15.3 Å². The average molecular weight is 372 g/mol. The fraction of sp³-hybridized carbons (Fsp3) is 0.222. The number of imidazole rings is 1. The van der Waals surface area contributed by atoms with Crippen LogP contribution in [0.15, 0.2) is 48.5 Å². The van der Waals surface area contributed by atoms with Crippen LogP contribution in [-0.4, -0.2) is 30.0 Å². The van der Waals surface area contributed by atoms with Gasteiger partial charge in [0.05, 0.1) is 23.3 Å². The van der Waals surface area contributed by atoms with Gasteiger partial charge in [-0.3, -0.25) is 9.52 Å². The molecule has 26 heavy (non-hydrogen) atoms. The van der Waals surface area contributed by atoms with Crippen LogP contribution in [0.2, 0.25) is 0 Å². The first-order valence-corrected chi connectivity index (χ1v) is 9.94. The standard InChI is InChI=1S/C18H20N4O3S/c1-2-10-26(24,25)22-14-7-5-6-13(11-14)18(23)19-12-17-20-15-8-3-4-9-16(15)21-17/h3-9,11,22H,2,10,12H2,1H3,(H,19,23)(H,20,21). The number of para-hydroxylation sites is 2. The van der Waals surface area contributed by atoms with Crippen molar-refractivity contribution in [3.8, 4) is 0 Å². The van der Waals surface area contributed by atoms with E-state index in [1.54, 1.807) is 25.1 Å². The highest BCUT2D eigenvalue weighted by Gasteiger charge is 2.12. The van der Waals surface area contributed by atoms with Crippen LogP contribution < -0.4 is 10.0 Å². The van der Waals surface area contributed by atoms with Gasteiger partial charge in [0, 0.05) is 11.3 Å². The van der Waals surface area contributed by atoms with Crippen molar-refractivity contribution in [3.63, 3.8) is 0 Å². The van der Waals surface area contributed by atoms with E-state index in [1.807, 2.05) is 24.3 Å². The maximum absolute atomic E-state index is 12.3. The summed E-state index contributed by atoms with van der Waals surface area (Å²) in [5.74, 6) is 0.386. The number of benzene rings is 2. The molecule has 0 radical (unpaired) electrons. The van der Waals surface area contributed by atoms with E-state index in [1.165, 1.54) is 6.07 Å². The Morgan fingerprint density at radius 3 is 2.73 bits per heavy atom. The SMILES string of the molecule is CCCS(=O)(=O)Nc1cccc(C(=O)NCc2nc3ccccc3[nH]2)c1. The van der Waals surface area contributed by atoms with Crippen molar-refractivity contribution in [2.24, 2.45) is 0 Å². The van der Waals surface area contributed by atoms with Crippen molar-refractivity contribution in [2.75, 3.05) is 10.5 Å². The van der Waals surface area contributed by atoms with Gasteiger partial charge in [0.2, 0.25) is 10.0 Å². The maximum Gasteiger partial charge on any atom is 0.251 e. The smallest absolute Gasteiger partial charge is 0.251 e. The zero-order valence-corrected chi connectivity index (χ0v) is 15.1. The summed E-state index contributed by atoms with van der Waals surface area (Å²) >= 11 is 0. The second kappa shape index (κ2) is 7.57. The summed E-state index contributed by atoms with van der Waals surface area (Å²) in [6.07, 6.45) is 0.521. The van der Waals surface area contributed by atoms with Crippen LogP contribution in [-0.2, 0) is 16.6 Å². The number of hydrogen-bond acceptors (Lipinski definition) is 4. The summed E-state index contributed by atoms with van der Waals surface area (Å²) in [5, 5.41) is 2.78. The van der Waals surface area contributed by atoms with Gasteiger partial charge in [0.25, 0.3) is 5.91 Å². The van der Waals surface area contributed by atoms with Gasteiger partial charge >= 0.3 is 0 Å². The summed E-state index contributed by atoms with van der Waals surface area (Å²) in [6.45, 7) is 2.04. The zero-order valence-electron chi connectivity index (χ0n) is 14.3. The molecule has 0 aliphatic carbocycles. The van der Waals surface area contributed by atoms with E-state index in [2.05, 4.69) is 20.0 Å². The van der Waals surface area contributed by atoms with Crippen LogP contribution in [0, 0.1) is 0 Å². The number of aromatic nitrogens is 2. The maximum atomic E-state index is 12.3. The Morgan fingerprint density at radius 1 is 1.15 bits per heavy atom. The number of aromatic amines is 1. The van der Waals surface area contributed by atoms with Crippen LogP contribution in [0.3, 0.4) is 0 Å². The minimum Gasteiger partial charge on any atom is -0.345 e. The van der Waals surface area contributed by atoms with E-state index in [-0.39, 0.29) is 18.2 Å². The third-order valence-corrected chi connectivity index (χ3v) is 5.22. The van der Waals surface area contributed by atoms with Gasteiger partial charge in [-0.1, -0.05) is 25.1 Å². The summed E-state index contributed by atoms with van der Waals surface area (Å²) in [6, 6.07) is 14.0. The lowest BCUT2D eigenvalue weighted by atomic mass is 10.2. The summed E-state index contributed by atoms with van der Waals surface area (Å²) in [4.78, 5) is 19.9. The highest BCUT2D eigenvalue weighted by molar-refractivity contribution is 7.92. The Labute approximate surface area is 151 Å². The molecule has 0 spiro atoms. The first kappa shape index (κ1) is 17.9. The predicted octanol–water partition coefficient (Wildman–Crippen LogP) is 2.64. The number of fused-ring (bicyclic) bond motifs is 1. The van der Waals surface area contributed by atoms with E-state index in [9.17, 15) is 13.2 Å². The lowest BCUT2D eigenvalue weighted by Gasteiger charge is -2.09. The molecule has 3 N–H and O–H groups in total. The molecule has 136 valence electrons. The first-order valence-electron chi connectivity index (χ1n) is 8.29. The number of sulfonamides is 1. The highest BCUT2D eigenvalue weighted by Crippen LogP contribution is 2.14. The van der Waals surface area contributed by atoms with Gasteiger partial charge in [-0.2, -0.15) is 0 Å². The molecule has 0 atom stereocenters. The van der Waals surface area contributed by atoms with Crippen molar-refractivity contribution in [2.45, 2.75) is 19.9 Å². The normalized spacial score (nSPS) is 11.4. The molecule has 3 rings (SSSR count). The van der Waals surface area contributed by atoms with Gasteiger partial charge in [-0.25, -0.2) is 13.4 Å². The molecule has 1 amide bonds. The minimum atomic E-state index is -3.39.